The first-order chi connectivity index (χ1) is 8.95. The van der Waals surface area contributed by atoms with Gasteiger partial charge in [0.1, 0.15) is 5.69 Å². The van der Waals surface area contributed by atoms with Crippen LogP contribution >= 0.6 is 0 Å². The third kappa shape index (κ3) is 2.34. The molecule has 0 spiro atoms. The van der Waals surface area contributed by atoms with Crippen molar-refractivity contribution in [3.8, 4) is 0 Å². The van der Waals surface area contributed by atoms with E-state index in [1.54, 1.807) is 0 Å². The molecule has 2 unspecified atom stereocenters. The van der Waals surface area contributed by atoms with E-state index in [0.717, 1.165) is 24.6 Å². The quantitative estimate of drug-likeness (QED) is 0.788. The second-order valence-corrected chi connectivity index (χ2v) is 5.31. The lowest BCUT2D eigenvalue weighted by atomic mass is 9.87. The molecule has 1 saturated heterocycles. The zero-order valence-corrected chi connectivity index (χ0v) is 10.5. The number of hydrogen-bond acceptors (Lipinski definition) is 3. The SMILES string of the molecule is CC1CN[C@H]2c3ccc(C(F)(F)F)nc3COC2C1. The molecule has 1 fully saturated rings. The molecule has 1 N–H and O–H groups in total. The van der Waals surface area contributed by atoms with E-state index in [-0.39, 0.29) is 18.8 Å². The first-order valence-electron chi connectivity index (χ1n) is 6.37. The molecule has 3 nitrogen and oxygen atoms in total. The van der Waals surface area contributed by atoms with E-state index in [4.69, 9.17) is 4.74 Å². The van der Waals surface area contributed by atoms with E-state index < -0.39 is 11.9 Å². The Kier molecular flexibility index (Phi) is 3.02. The highest BCUT2D eigenvalue weighted by Crippen LogP contribution is 2.36. The summed E-state index contributed by atoms with van der Waals surface area (Å²) in [5, 5.41) is 3.34. The molecule has 3 heterocycles. The van der Waals surface area contributed by atoms with Crippen LogP contribution in [-0.4, -0.2) is 17.6 Å². The molecule has 3 rings (SSSR count). The summed E-state index contributed by atoms with van der Waals surface area (Å²) in [5.74, 6) is 0.519. The van der Waals surface area contributed by atoms with E-state index in [1.165, 1.54) is 6.07 Å². The van der Waals surface area contributed by atoms with Crippen molar-refractivity contribution in [1.82, 2.24) is 10.3 Å². The van der Waals surface area contributed by atoms with Crippen molar-refractivity contribution in [1.29, 1.82) is 0 Å². The second-order valence-electron chi connectivity index (χ2n) is 5.31. The maximum atomic E-state index is 12.6. The summed E-state index contributed by atoms with van der Waals surface area (Å²) < 4.78 is 43.5. The molecule has 19 heavy (non-hydrogen) atoms. The molecule has 0 amide bonds. The molecular formula is C13H15F3N2O. The number of ether oxygens (including phenoxy) is 1. The fourth-order valence-electron chi connectivity index (χ4n) is 2.80. The zero-order chi connectivity index (χ0) is 13.6. The fourth-order valence-corrected chi connectivity index (χ4v) is 2.80. The Morgan fingerprint density at radius 2 is 2.16 bits per heavy atom. The Morgan fingerprint density at radius 3 is 2.89 bits per heavy atom. The summed E-state index contributed by atoms with van der Waals surface area (Å²) >= 11 is 0. The number of fused-ring (bicyclic) bond motifs is 3. The normalized spacial score (nSPS) is 30.6. The van der Waals surface area contributed by atoms with E-state index in [1.807, 2.05) is 0 Å². The number of piperidine rings is 1. The Hall–Kier alpha value is -1.14. The number of nitrogens with zero attached hydrogens (tertiary/aromatic N) is 1. The van der Waals surface area contributed by atoms with Crippen LogP contribution in [0, 0.1) is 5.92 Å². The maximum absolute atomic E-state index is 12.6. The van der Waals surface area contributed by atoms with Crippen LogP contribution < -0.4 is 5.32 Å². The van der Waals surface area contributed by atoms with Gasteiger partial charge in [-0.05, 0) is 30.5 Å². The summed E-state index contributed by atoms with van der Waals surface area (Å²) in [6, 6.07) is 2.56. The average molecular weight is 272 g/mol. The van der Waals surface area contributed by atoms with Crippen LogP contribution in [-0.2, 0) is 17.5 Å². The molecule has 0 saturated carbocycles. The van der Waals surface area contributed by atoms with Gasteiger partial charge in [-0.3, -0.25) is 0 Å². The van der Waals surface area contributed by atoms with Crippen molar-refractivity contribution >= 4 is 0 Å². The highest BCUT2D eigenvalue weighted by atomic mass is 19.4. The van der Waals surface area contributed by atoms with Gasteiger partial charge in [-0.15, -0.1) is 0 Å². The third-order valence-corrected chi connectivity index (χ3v) is 3.76. The first-order valence-corrected chi connectivity index (χ1v) is 6.37. The number of nitrogens with one attached hydrogen (secondary N) is 1. The van der Waals surface area contributed by atoms with E-state index >= 15 is 0 Å². The topological polar surface area (TPSA) is 34.2 Å². The highest BCUT2D eigenvalue weighted by Gasteiger charge is 2.38. The van der Waals surface area contributed by atoms with Crippen LogP contribution in [0.3, 0.4) is 0 Å². The summed E-state index contributed by atoms with van der Waals surface area (Å²) in [6.07, 6.45) is -3.44. The maximum Gasteiger partial charge on any atom is 0.433 e. The van der Waals surface area contributed by atoms with Gasteiger partial charge in [0.25, 0.3) is 0 Å². The second kappa shape index (κ2) is 4.45. The van der Waals surface area contributed by atoms with Crippen LogP contribution in [0.1, 0.15) is 36.3 Å². The van der Waals surface area contributed by atoms with Crippen molar-refractivity contribution in [2.24, 2.45) is 5.92 Å². The molecule has 1 aromatic heterocycles. The van der Waals surface area contributed by atoms with Gasteiger partial charge in [0, 0.05) is 0 Å². The van der Waals surface area contributed by atoms with Gasteiger partial charge in [-0.25, -0.2) is 4.98 Å². The van der Waals surface area contributed by atoms with Gasteiger partial charge in [0.15, 0.2) is 0 Å². The monoisotopic (exact) mass is 272 g/mol. The minimum Gasteiger partial charge on any atom is -0.370 e. The molecule has 0 bridgehead atoms. The average Bonchev–Trinajstić information content (AvgIpc) is 2.36. The van der Waals surface area contributed by atoms with Gasteiger partial charge in [-0.2, -0.15) is 13.2 Å². The van der Waals surface area contributed by atoms with E-state index in [2.05, 4.69) is 17.2 Å². The largest absolute Gasteiger partial charge is 0.433 e. The Morgan fingerprint density at radius 1 is 1.37 bits per heavy atom. The predicted molar refractivity (Wildman–Crippen MR) is 62.3 cm³/mol. The Bertz CT molecular complexity index is 489. The number of aromatic nitrogens is 1. The van der Waals surface area contributed by atoms with E-state index in [0.29, 0.717) is 11.6 Å². The molecule has 2 aliphatic rings. The summed E-state index contributed by atoms with van der Waals surface area (Å²) in [4.78, 5) is 3.70. The molecule has 0 aliphatic carbocycles. The van der Waals surface area contributed by atoms with Gasteiger partial charge >= 0.3 is 6.18 Å². The fraction of sp³-hybridized carbons (Fsp3) is 0.615. The number of rotatable bonds is 0. The van der Waals surface area contributed by atoms with Crippen molar-refractivity contribution in [2.45, 2.75) is 38.3 Å². The minimum atomic E-state index is -4.40. The van der Waals surface area contributed by atoms with Crippen LogP contribution in [0.4, 0.5) is 13.2 Å². The number of halogens is 3. The summed E-state index contributed by atoms with van der Waals surface area (Å²) in [5.41, 5.74) is 0.395. The van der Waals surface area contributed by atoms with Crippen LogP contribution in [0.15, 0.2) is 12.1 Å². The third-order valence-electron chi connectivity index (χ3n) is 3.76. The first kappa shape index (κ1) is 12.9. The minimum absolute atomic E-state index is 0.0327. The summed E-state index contributed by atoms with van der Waals surface area (Å²) in [7, 11) is 0. The van der Waals surface area contributed by atoms with Crippen molar-refractivity contribution < 1.29 is 17.9 Å². The number of alkyl halides is 3. The van der Waals surface area contributed by atoms with Gasteiger partial charge in [0.2, 0.25) is 0 Å². The molecule has 0 aromatic carbocycles. The van der Waals surface area contributed by atoms with Crippen LogP contribution in [0.25, 0.3) is 0 Å². The smallest absolute Gasteiger partial charge is 0.370 e. The van der Waals surface area contributed by atoms with Crippen LogP contribution in [0.5, 0.6) is 0 Å². The summed E-state index contributed by atoms with van der Waals surface area (Å²) in [6.45, 7) is 3.15. The number of pyridine rings is 1. The van der Waals surface area contributed by atoms with Gasteiger partial charge in [-0.1, -0.05) is 13.0 Å². The predicted octanol–water partition coefficient (Wildman–Crippen LogP) is 2.67. The van der Waals surface area contributed by atoms with E-state index in [9.17, 15) is 13.2 Å². The zero-order valence-electron chi connectivity index (χ0n) is 10.5. The lowest BCUT2D eigenvalue weighted by Crippen LogP contribution is -2.45. The Labute approximate surface area is 109 Å². The van der Waals surface area contributed by atoms with Crippen molar-refractivity contribution in [3.05, 3.63) is 29.1 Å². The van der Waals surface area contributed by atoms with Crippen LogP contribution in [0.2, 0.25) is 0 Å². The van der Waals surface area contributed by atoms with Crippen molar-refractivity contribution in [3.63, 3.8) is 0 Å². The molecule has 1 aromatic rings. The number of hydrogen-bond donors (Lipinski definition) is 1. The molecular weight excluding hydrogens is 257 g/mol. The lowest BCUT2D eigenvalue weighted by molar-refractivity contribution is -0.141. The molecule has 0 radical (unpaired) electrons. The standard InChI is InChI=1S/C13H15F3N2O/c1-7-4-10-12(17-5-7)8-2-3-11(13(14,15)16)18-9(8)6-19-10/h2-3,7,10,12,17H,4-6H2,1H3/t7?,10?,12-/m0/s1. The molecule has 104 valence electrons. The molecule has 3 atom stereocenters. The van der Waals surface area contributed by atoms with Gasteiger partial charge in [0.05, 0.1) is 24.4 Å². The lowest BCUT2D eigenvalue weighted by Gasteiger charge is -2.39. The molecule has 2 aliphatic heterocycles. The highest BCUT2D eigenvalue weighted by molar-refractivity contribution is 5.30. The Balaban J connectivity index is 1.93. The van der Waals surface area contributed by atoms with Crippen molar-refractivity contribution in [2.75, 3.05) is 6.54 Å². The molecule has 6 heteroatoms. The van der Waals surface area contributed by atoms with Gasteiger partial charge < -0.3 is 10.1 Å².